The molecule has 1 saturated heterocycles. The predicted octanol–water partition coefficient (Wildman–Crippen LogP) is 3.04. The number of rotatable bonds is 5. The second-order valence-corrected chi connectivity index (χ2v) is 8.99. The van der Waals surface area contributed by atoms with Crippen LogP contribution >= 0.6 is 0 Å². The number of carbonyl (C=O) groups is 2. The monoisotopic (exact) mass is 498 g/mol. The summed E-state index contributed by atoms with van der Waals surface area (Å²) in [5.74, 6) is 1.71. The number of carbonyl (C=O) groups excluding carboxylic acids is 2. The molecule has 2 amide bonds. The average Bonchev–Trinajstić information content (AvgIpc) is 3.38. The number of fused-ring (bicyclic) bond motifs is 2. The average molecular weight is 499 g/mol. The number of nitrogens with zero attached hydrogens (tertiary/aromatic N) is 4. The summed E-state index contributed by atoms with van der Waals surface area (Å²) in [5, 5.41) is 0. The molecule has 188 valence electrons. The summed E-state index contributed by atoms with van der Waals surface area (Å²) in [5.41, 5.74) is 2.28. The summed E-state index contributed by atoms with van der Waals surface area (Å²) in [4.78, 5) is 34.0. The molecule has 0 radical (unpaired) electrons. The summed E-state index contributed by atoms with van der Waals surface area (Å²) in [7, 11) is 0. The normalized spacial score (nSPS) is 17.0. The largest absolute Gasteiger partial charge is 0.487 e. The van der Waals surface area contributed by atoms with E-state index in [0.29, 0.717) is 55.6 Å². The third-order valence-electron chi connectivity index (χ3n) is 6.56. The first-order chi connectivity index (χ1) is 18.1. The maximum atomic E-state index is 13.0. The standard InChI is InChI=1S/C28H26N4O5/c33-27(20-8-10-22(11-9-20)35-18-21-17-32-12-4-3-7-26(32)29-21)30-13-15-31(16-14-30)28(34)25-19-36-23-5-1-2-6-24(23)37-25/h1-12,17,25H,13-16,18-19H2/t25-/m0/s1. The first-order valence-electron chi connectivity index (χ1n) is 12.3. The van der Waals surface area contributed by atoms with Crippen LogP contribution in [0.2, 0.25) is 0 Å². The smallest absolute Gasteiger partial charge is 0.267 e. The van der Waals surface area contributed by atoms with Gasteiger partial charge in [0.1, 0.15) is 24.6 Å². The maximum absolute atomic E-state index is 13.0. The summed E-state index contributed by atoms with van der Waals surface area (Å²) in [6, 6.07) is 20.3. The molecule has 2 aliphatic heterocycles. The zero-order chi connectivity index (χ0) is 25.2. The van der Waals surface area contributed by atoms with Crippen LogP contribution in [0.5, 0.6) is 17.2 Å². The second-order valence-electron chi connectivity index (χ2n) is 8.99. The lowest BCUT2D eigenvalue weighted by molar-refractivity contribution is -0.142. The fraction of sp³-hybridized carbons (Fsp3) is 0.250. The quantitative estimate of drug-likeness (QED) is 0.421. The number of ether oxygens (including phenoxy) is 3. The third-order valence-corrected chi connectivity index (χ3v) is 6.56. The third kappa shape index (κ3) is 4.80. The SMILES string of the molecule is O=C(c1ccc(OCc2cn3ccccc3n2)cc1)N1CCN(C(=O)[C@@H]2COc3ccccc3O2)CC1. The molecule has 0 unspecified atom stereocenters. The van der Waals surface area contributed by atoms with Crippen LogP contribution in [0.1, 0.15) is 16.1 Å². The molecule has 2 aliphatic rings. The van der Waals surface area contributed by atoms with E-state index in [4.69, 9.17) is 14.2 Å². The van der Waals surface area contributed by atoms with Crippen LogP contribution < -0.4 is 14.2 Å². The molecule has 9 nitrogen and oxygen atoms in total. The molecule has 0 bridgehead atoms. The number of amides is 2. The molecule has 37 heavy (non-hydrogen) atoms. The van der Waals surface area contributed by atoms with Gasteiger partial charge in [0.05, 0.1) is 5.69 Å². The predicted molar refractivity (Wildman–Crippen MR) is 135 cm³/mol. The van der Waals surface area contributed by atoms with Crippen LogP contribution in [-0.4, -0.2) is 69.9 Å². The number of imidazole rings is 1. The maximum Gasteiger partial charge on any atom is 0.267 e. The van der Waals surface area contributed by atoms with Gasteiger partial charge in [-0.25, -0.2) is 4.98 Å². The van der Waals surface area contributed by atoms with Crippen LogP contribution in [0, 0.1) is 0 Å². The molecule has 0 spiro atoms. The van der Waals surface area contributed by atoms with Crippen molar-refractivity contribution in [2.24, 2.45) is 0 Å². The minimum absolute atomic E-state index is 0.0647. The van der Waals surface area contributed by atoms with Crippen molar-refractivity contribution in [1.82, 2.24) is 19.2 Å². The molecular weight excluding hydrogens is 472 g/mol. The van der Waals surface area contributed by atoms with E-state index in [1.807, 2.05) is 53.2 Å². The Bertz CT molecular complexity index is 1390. The number of benzene rings is 2. The van der Waals surface area contributed by atoms with E-state index in [1.54, 1.807) is 40.1 Å². The Morgan fingerprint density at radius 1 is 0.892 bits per heavy atom. The van der Waals surface area contributed by atoms with E-state index >= 15 is 0 Å². The molecule has 6 rings (SSSR count). The molecule has 2 aromatic carbocycles. The van der Waals surface area contributed by atoms with Crippen molar-refractivity contribution in [2.45, 2.75) is 12.7 Å². The Balaban J connectivity index is 1.00. The molecule has 1 fully saturated rings. The number of hydrogen-bond acceptors (Lipinski definition) is 6. The zero-order valence-electron chi connectivity index (χ0n) is 20.2. The van der Waals surface area contributed by atoms with Crippen LogP contribution in [0.15, 0.2) is 79.1 Å². The molecule has 0 saturated carbocycles. The molecule has 4 aromatic rings. The van der Waals surface area contributed by atoms with Gasteiger partial charge in [0.2, 0.25) is 6.10 Å². The summed E-state index contributed by atoms with van der Waals surface area (Å²) in [6.07, 6.45) is 3.20. The number of piperazine rings is 1. The minimum atomic E-state index is -0.676. The van der Waals surface area contributed by atoms with E-state index in [0.717, 1.165) is 11.3 Å². The van der Waals surface area contributed by atoms with Gasteiger partial charge in [-0.1, -0.05) is 18.2 Å². The van der Waals surface area contributed by atoms with Crippen LogP contribution in [0.25, 0.3) is 5.65 Å². The number of hydrogen-bond donors (Lipinski definition) is 0. The van der Waals surface area contributed by atoms with E-state index in [-0.39, 0.29) is 18.4 Å². The minimum Gasteiger partial charge on any atom is -0.487 e. The lowest BCUT2D eigenvalue weighted by Gasteiger charge is -2.37. The Morgan fingerprint density at radius 2 is 1.62 bits per heavy atom. The number of pyridine rings is 1. The molecular formula is C28H26N4O5. The number of para-hydroxylation sites is 2. The van der Waals surface area contributed by atoms with Crippen molar-refractivity contribution in [3.05, 3.63) is 90.4 Å². The topological polar surface area (TPSA) is 85.6 Å². The van der Waals surface area contributed by atoms with Crippen molar-refractivity contribution in [3.63, 3.8) is 0 Å². The Kier molecular flexibility index (Phi) is 6.10. The van der Waals surface area contributed by atoms with E-state index in [9.17, 15) is 9.59 Å². The van der Waals surface area contributed by atoms with E-state index in [2.05, 4.69) is 4.98 Å². The molecule has 0 N–H and O–H groups in total. The van der Waals surface area contributed by atoms with Gasteiger partial charge >= 0.3 is 0 Å². The van der Waals surface area contributed by atoms with Gasteiger partial charge in [0.25, 0.3) is 11.8 Å². The highest BCUT2D eigenvalue weighted by Crippen LogP contribution is 2.31. The van der Waals surface area contributed by atoms with Gasteiger partial charge < -0.3 is 28.4 Å². The van der Waals surface area contributed by atoms with Gasteiger partial charge in [-0.05, 0) is 48.5 Å². The zero-order valence-corrected chi connectivity index (χ0v) is 20.2. The molecule has 2 aromatic heterocycles. The van der Waals surface area contributed by atoms with Crippen molar-refractivity contribution < 1.29 is 23.8 Å². The molecule has 1 atom stereocenters. The first-order valence-corrected chi connectivity index (χ1v) is 12.3. The van der Waals surface area contributed by atoms with Gasteiger partial charge in [-0.3, -0.25) is 9.59 Å². The lowest BCUT2D eigenvalue weighted by atomic mass is 10.1. The Labute approximate surface area is 213 Å². The second kappa shape index (κ2) is 9.85. The Hall–Kier alpha value is -4.53. The van der Waals surface area contributed by atoms with Gasteiger partial charge in [0, 0.05) is 44.1 Å². The lowest BCUT2D eigenvalue weighted by Crippen LogP contribution is -2.55. The Morgan fingerprint density at radius 3 is 2.41 bits per heavy atom. The number of aromatic nitrogens is 2. The van der Waals surface area contributed by atoms with Crippen molar-refractivity contribution in [1.29, 1.82) is 0 Å². The van der Waals surface area contributed by atoms with Crippen molar-refractivity contribution in [3.8, 4) is 17.2 Å². The van der Waals surface area contributed by atoms with E-state index in [1.165, 1.54) is 0 Å². The summed E-state index contributed by atoms with van der Waals surface area (Å²) < 4.78 is 19.3. The van der Waals surface area contributed by atoms with Crippen molar-refractivity contribution >= 4 is 17.5 Å². The van der Waals surface area contributed by atoms with Gasteiger partial charge in [-0.2, -0.15) is 0 Å². The van der Waals surface area contributed by atoms with E-state index < -0.39 is 6.10 Å². The highest BCUT2D eigenvalue weighted by molar-refractivity contribution is 5.94. The summed E-state index contributed by atoms with van der Waals surface area (Å²) >= 11 is 0. The van der Waals surface area contributed by atoms with Crippen LogP contribution in [-0.2, 0) is 11.4 Å². The fourth-order valence-electron chi connectivity index (χ4n) is 4.57. The molecule has 9 heteroatoms. The van der Waals surface area contributed by atoms with Crippen LogP contribution in [0.4, 0.5) is 0 Å². The molecule has 0 aliphatic carbocycles. The van der Waals surface area contributed by atoms with Gasteiger partial charge in [0.15, 0.2) is 11.5 Å². The molecule has 4 heterocycles. The van der Waals surface area contributed by atoms with Crippen LogP contribution in [0.3, 0.4) is 0 Å². The van der Waals surface area contributed by atoms with Gasteiger partial charge in [-0.15, -0.1) is 0 Å². The summed E-state index contributed by atoms with van der Waals surface area (Å²) in [6.45, 7) is 2.34. The highest BCUT2D eigenvalue weighted by atomic mass is 16.6. The first kappa shape index (κ1) is 22.9. The highest BCUT2D eigenvalue weighted by Gasteiger charge is 2.33. The fourth-order valence-corrected chi connectivity index (χ4v) is 4.57. The van der Waals surface area contributed by atoms with Crippen molar-refractivity contribution in [2.75, 3.05) is 32.8 Å².